The van der Waals surface area contributed by atoms with Crippen LogP contribution in [0.4, 0.5) is 13.2 Å². The number of ether oxygens (including phenoxy) is 1. The Balaban J connectivity index is 2.29. The van der Waals surface area contributed by atoms with Crippen LogP contribution in [0, 0.1) is 5.41 Å². The van der Waals surface area contributed by atoms with E-state index >= 15 is 0 Å². The Morgan fingerprint density at radius 1 is 1.26 bits per heavy atom. The van der Waals surface area contributed by atoms with Crippen LogP contribution in [0.1, 0.15) is 36.8 Å². The van der Waals surface area contributed by atoms with Crippen LogP contribution in [-0.4, -0.2) is 11.9 Å². The third-order valence-corrected chi connectivity index (χ3v) is 3.19. The number of halogens is 3. The van der Waals surface area contributed by atoms with Gasteiger partial charge in [-0.25, -0.2) is 0 Å². The average molecular weight is 272 g/mol. The standard InChI is InChI=1S/C13H15F3N2O/c14-13(15,16)8-5-6-11(10(7-8)12(17)18)19-9-3-1-2-4-9/h5-7,9H,1-4H2,(H3,17,18). The number of benzene rings is 1. The van der Waals surface area contributed by atoms with E-state index in [-0.39, 0.29) is 17.4 Å². The van der Waals surface area contributed by atoms with Crippen LogP contribution in [-0.2, 0) is 6.18 Å². The van der Waals surface area contributed by atoms with E-state index < -0.39 is 17.6 Å². The number of rotatable bonds is 3. The molecule has 0 saturated heterocycles. The molecule has 0 amide bonds. The van der Waals surface area contributed by atoms with E-state index in [1.54, 1.807) is 0 Å². The summed E-state index contributed by atoms with van der Waals surface area (Å²) in [7, 11) is 0. The van der Waals surface area contributed by atoms with E-state index in [1.165, 1.54) is 6.07 Å². The minimum atomic E-state index is -4.45. The maximum Gasteiger partial charge on any atom is 0.416 e. The highest BCUT2D eigenvalue weighted by Crippen LogP contribution is 2.33. The van der Waals surface area contributed by atoms with Crippen molar-refractivity contribution < 1.29 is 17.9 Å². The molecule has 1 fully saturated rings. The summed E-state index contributed by atoms with van der Waals surface area (Å²) in [4.78, 5) is 0. The molecule has 6 heteroatoms. The van der Waals surface area contributed by atoms with Crippen molar-refractivity contribution in [2.45, 2.75) is 38.0 Å². The molecule has 1 aliphatic rings. The maximum absolute atomic E-state index is 12.6. The summed E-state index contributed by atoms with van der Waals surface area (Å²) < 4.78 is 43.5. The molecule has 1 aliphatic carbocycles. The van der Waals surface area contributed by atoms with Gasteiger partial charge in [0.15, 0.2) is 0 Å². The van der Waals surface area contributed by atoms with Crippen LogP contribution in [0.2, 0.25) is 0 Å². The van der Waals surface area contributed by atoms with Crippen molar-refractivity contribution in [2.24, 2.45) is 5.73 Å². The molecule has 0 aromatic heterocycles. The molecular weight excluding hydrogens is 257 g/mol. The van der Waals surface area contributed by atoms with Crippen LogP contribution < -0.4 is 10.5 Å². The van der Waals surface area contributed by atoms with Gasteiger partial charge in [0, 0.05) is 0 Å². The van der Waals surface area contributed by atoms with E-state index in [1.807, 2.05) is 0 Å². The monoisotopic (exact) mass is 272 g/mol. The van der Waals surface area contributed by atoms with Gasteiger partial charge in [-0.05, 0) is 43.9 Å². The third kappa shape index (κ3) is 3.19. The van der Waals surface area contributed by atoms with Gasteiger partial charge in [-0.3, -0.25) is 5.41 Å². The molecule has 19 heavy (non-hydrogen) atoms. The molecule has 1 saturated carbocycles. The Morgan fingerprint density at radius 2 is 1.89 bits per heavy atom. The van der Waals surface area contributed by atoms with Crippen LogP contribution in [0.25, 0.3) is 0 Å². The molecule has 0 atom stereocenters. The Labute approximate surface area is 109 Å². The normalized spacial score (nSPS) is 16.6. The zero-order valence-electron chi connectivity index (χ0n) is 10.3. The first-order valence-corrected chi connectivity index (χ1v) is 6.10. The fourth-order valence-corrected chi connectivity index (χ4v) is 2.21. The minimum absolute atomic E-state index is 0.00160. The fraction of sp³-hybridized carbons (Fsp3) is 0.462. The van der Waals surface area contributed by atoms with Crippen molar-refractivity contribution in [3.05, 3.63) is 29.3 Å². The van der Waals surface area contributed by atoms with Gasteiger partial charge < -0.3 is 10.5 Å². The van der Waals surface area contributed by atoms with E-state index in [2.05, 4.69) is 0 Å². The Bertz CT molecular complexity index is 479. The molecule has 3 N–H and O–H groups in total. The average Bonchev–Trinajstić information content (AvgIpc) is 2.80. The van der Waals surface area contributed by atoms with E-state index in [0.717, 1.165) is 37.8 Å². The molecule has 0 radical (unpaired) electrons. The lowest BCUT2D eigenvalue weighted by atomic mass is 10.1. The van der Waals surface area contributed by atoms with Crippen LogP contribution >= 0.6 is 0 Å². The Morgan fingerprint density at radius 3 is 2.42 bits per heavy atom. The summed E-state index contributed by atoms with van der Waals surface area (Å²) >= 11 is 0. The highest BCUT2D eigenvalue weighted by Gasteiger charge is 2.31. The summed E-state index contributed by atoms with van der Waals surface area (Å²) in [6, 6.07) is 3.07. The Hall–Kier alpha value is -1.72. The first-order valence-electron chi connectivity index (χ1n) is 6.10. The van der Waals surface area contributed by atoms with Crippen molar-refractivity contribution in [1.29, 1.82) is 5.41 Å². The minimum Gasteiger partial charge on any atom is -0.490 e. The van der Waals surface area contributed by atoms with Crippen molar-refractivity contribution in [3.8, 4) is 5.75 Å². The zero-order valence-corrected chi connectivity index (χ0v) is 10.3. The maximum atomic E-state index is 12.6. The number of hydrogen-bond acceptors (Lipinski definition) is 2. The van der Waals surface area contributed by atoms with E-state index in [9.17, 15) is 13.2 Å². The van der Waals surface area contributed by atoms with Gasteiger partial charge in [0.2, 0.25) is 0 Å². The van der Waals surface area contributed by atoms with Gasteiger partial charge in [0.25, 0.3) is 0 Å². The number of nitrogen functional groups attached to an aromatic ring is 1. The molecule has 1 aromatic carbocycles. The number of nitrogens with one attached hydrogen (secondary N) is 1. The van der Waals surface area contributed by atoms with E-state index in [0.29, 0.717) is 0 Å². The first kappa shape index (κ1) is 13.7. The summed E-state index contributed by atoms with van der Waals surface area (Å²) in [5.41, 5.74) is 4.52. The second-order valence-corrected chi connectivity index (χ2v) is 4.65. The first-order chi connectivity index (χ1) is 8.88. The lowest BCUT2D eigenvalue weighted by Crippen LogP contribution is -2.18. The molecule has 0 heterocycles. The van der Waals surface area contributed by atoms with Gasteiger partial charge in [-0.15, -0.1) is 0 Å². The van der Waals surface area contributed by atoms with Crippen molar-refractivity contribution in [1.82, 2.24) is 0 Å². The molecule has 1 aromatic rings. The van der Waals surface area contributed by atoms with Gasteiger partial charge in [0.1, 0.15) is 11.6 Å². The van der Waals surface area contributed by atoms with Gasteiger partial charge >= 0.3 is 6.18 Å². The molecule has 3 nitrogen and oxygen atoms in total. The number of hydrogen-bond donors (Lipinski definition) is 2. The molecule has 104 valence electrons. The summed E-state index contributed by atoms with van der Waals surface area (Å²) in [6.45, 7) is 0. The quantitative estimate of drug-likeness (QED) is 0.655. The lowest BCUT2D eigenvalue weighted by molar-refractivity contribution is -0.137. The summed E-state index contributed by atoms with van der Waals surface area (Å²) in [5.74, 6) is -0.161. The number of alkyl halides is 3. The summed E-state index contributed by atoms with van der Waals surface area (Å²) in [5, 5.41) is 7.38. The largest absolute Gasteiger partial charge is 0.490 e. The molecule has 0 aliphatic heterocycles. The second kappa shape index (κ2) is 5.11. The highest BCUT2D eigenvalue weighted by atomic mass is 19.4. The predicted octanol–water partition coefficient (Wildman–Crippen LogP) is 3.31. The Kier molecular flexibility index (Phi) is 3.68. The third-order valence-electron chi connectivity index (χ3n) is 3.19. The smallest absolute Gasteiger partial charge is 0.416 e. The van der Waals surface area contributed by atoms with Crippen LogP contribution in [0.5, 0.6) is 5.75 Å². The molecular formula is C13H15F3N2O. The van der Waals surface area contributed by atoms with Crippen molar-refractivity contribution in [2.75, 3.05) is 0 Å². The van der Waals surface area contributed by atoms with Crippen LogP contribution in [0.15, 0.2) is 18.2 Å². The molecule has 0 unspecified atom stereocenters. The topological polar surface area (TPSA) is 59.1 Å². The number of nitrogens with two attached hydrogens (primary N) is 1. The van der Waals surface area contributed by atoms with Gasteiger partial charge in [-0.1, -0.05) is 0 Å². The lowest BCUT2D eigenvalue weighted by Gasteiger charge is -2.17. The SMILES string of the molecule is N=C(N)c1cc(C(F)(F)F)ccc1OC1CCCC1. The summed E-state index contributed by atoms with van der Waals surface area (Å²) in [6.07, 6.45) is -0.552. The van der Waals surface area contributed by atoms with Crippen LogP contribution in [0.3, 0.4) is 0 Å². The molecule has 0 bridgehead atoms. The predicted molar refractivity (Wildman–Crippen MR) is 65.3 cm³/mol. The highest BCUT2D eigenvalue weighted by molar-refractivity contribution is 5.97. The second-order valence-electron chi connectivity index (χ2n) is 4.65. The van der Waals surface area contributed by atoms with Crippen molar-refractivity contribution >= 4 is 5.84 Å². The number of amidine groups is 1. The zero-order chi connectivity index (χ0) is 14.0. The molecule has 2 rings (SSSR count). The van der Waals surface area contributed by atoms with Gasteiger partial charge in [-0.2, -0.15) is 13.2 Å². The molecule has 0 spiro atoms. The fourth-order valence-electron chi connectivity index (χ4n) is 2.21. The van der Waals surface area contributed by atoms with E-state index in [4.69, 9.17) is 15.9 Å². The van der Waals surface area contributed by atoms with Gasteiger partial charge in [0.05, 0.1) is 17.2 Å². The van der Waals surface area contributed by atoms with Crippen molar-refractivity contribution in [3.63, 3.8) is 0 Å².